The summed E-state index contributed by atoms with van der Waals surface area (Å²) in [4.78, 5) is 25.2. The molecule has 0 aliphatic heterocycles. The van der Waals surface area contributed by atoms with E-state index in [1.165, 1.54) is 11.8 Å². The van der Waals surface area contributed by atoms with E-state index in [1.54, 1.807) is 23.7 Å². The first-order chi connectivity index (χ1) is 13.4. The standard InChI is InChI=1S/C19H18ClN5O2S/c1-12-4-3-5-15(10-12)25-13(2)18(22-24-25)19(27)23-21-17(26)11-28-16-8-6-14(20)7-9-16/h3-10H,11H2,1-2H3,(H,21,26)(H,23,27). The van der Waals surface area contributed by atoms with Crippen LogP contribution in [0.25, 0.3) is 5.69 Å². The van der Waals surface area contributed by atoms with Crippen molar-refractivity contribution in [2.75, 3.05) is 5.75 Å². The highest BCUT2D eigenvalue weighted by molar-refractivity contribution is 8.00. The Bertz CT molecular complexity index is 1000. The van der Waals surface area contributed by atoms with Gasteiger partial charge in [-0.15, -0.1) is 16.9 Å². The highest BCUT2D eigenvalue weighted by Crippen LogP contribution is 2.19. The molecule has 2 aromatic carbocycles. The molecule has 1 aromatic heterocycles. The van der Waals surface area contributed by atoms with Crippen LogP contribution < -0.4 is 10.9 Å². The molecule has 0 aliphatic rings. The number of carbonyl (C=O) groups is 2. The van der Waals surface area contributed by atoms with Gasteiger partial charge in [0.05, 0.1) is 17.1 Å². The Balaban J connectivity index is 1.56. The number of benzene rings is 2. The van der Waals surface area contributed by atoms with Crippen molar-refractivity contribution >= 4 is 35.2 Å². The van der Waals surface area contributed by atoms with Crippen LogP contribution >= 0.6 is 23.4 Å². The fourth-order valence-corrected chi connectivity index (χ4v) is 3.27. The van der Waals surface area contributed by atoms with Gasteiger partial charge in [-0.05, 0) is 55.8 Å². The summed E-state index contributed by atoms with van der Waals surface area (Å²) in [5.41, 5.74) is 7.37. The molecule has 1 heterocycles. The first-order valence-corrected chi connectivity index (χ1v) is 9.77. The summed E-state index contributed by atoms with van der Waals surface area (Å²) in [6.07, 6.45) is 0. The molecular formula is C19H18ClN5O2S. The van der Waals surface area contributed by atoms with Crippen LogP contribution in [0.4, 0.5) is 0 Å². The first-order valence-electron chi connectivity index (χ1n) is 8.41. The van der Waals surface area contributed by atoms with E-state index < -0.39 is 5.91 Å². The van der Waals surface area contributed by atoms with E-state index in [0.29, 0.717) is 10.7 Å². The second-order valence-electron chi connectivity index (χ2n) is 6.02. The molecule has 9 heteroatoms. The van der Waals surface area contributed by atoms with Crippen LogP contribution in [-0.2, 0) is 4.79 Å². The Labute approximate surface area is 171 Å². The number of nitrogens with one attached hydrogen (secondary N) is 2. The molecule has 3 rings (SSSR count). The number of nitrogens with zero attached hydrogens (tertiary/aromatic N) is 3. The fraction of sp³-hybridized carbons (Fsp3) is 0.158. The zero-order chi connectivity index (χ0) is 20.1. The number of thioether (sulfide) groups is 1. The zero-order valence-electron chi connectivity index (χ0n) is 15.3. The van der Waals surface area contributed by atoms with Gasteiger partial charge in [0.25, 0.3) is 5.91 Å². The van der Waals surface area contributed by atoms with Crippen molar-refractivity contribution in [2.24, 2.45) is 0 Å². The summed E-state index contributed by atoms with van der Waals surface area (Å²) >= 11 is 7.17. The molecule has 2 N–H and O–H groups in total. The van der Waals surface area contributed by atoms with Crippen molar-refractivity contribution in [3.05, 3.63) is 70.5 Å². The summed E-state index contributed by atoms with van der Waals surface area (Å²) in [5, 5.41) is 8.60. The number of carbonyl (C=O) groups excluding carboxylic acids is 2. The minimum atomic E-state index is -0.527. The molecule has 3 aromatic rings. The van der Waals surface area contributed by atoms with Crippen LogP contribution in [0.2, 0.25) is 5.02 Å². The number of aryl methyl sites for hydroxylation is 1. The molecule has 0 fully saturated rings. The monoisotopic (exact) mass is 415 g/mol. The van der Waals surface area contributed by atoms with Gasteiger partial charge in [-0.3, -0.25) is 20.4 Å². The second kappa shape index (κ2) is 8.90. The lowest BCUT2D eigenvalue weighted by Gasteiger charge is -2.07. The van der Waals surface area contributed by atoms with Gasteiger partial charge in [-0.2, -0.15) is 0 Å². The molecule has 144 valence electrons. The molecule has 0 saturated heterocycles. The maximum Gasteiger partial charge on any atom is 0.292 e. The van der Waals surface area contributed by atoms with Crippen LogP contribution in [0, 0.1) is 13.8 Å². The maximum absolute atomic E-state index is 12.3. The Hall–Kier alpha value is -2.84. The molecule has 0 saturated carbocycles. The van der Waals surface area contributed by atoms with Crippen molar-refractivity contribution < 1.29 is 9.59 Å². The molecule has 0 unspecified atom stereocenters. The van der Waals surface area contributed by atoms with Gasteiger partial charge in [0, 0.05) is 9.92 Å². The third kappa shape index (κ3) is 4.90. The number of hydrogen-bond acceptors (Lipinski definition) is 5. The van der Waals surface area contributed by atoms with Gasteiger partial charge in [0.2, 0.25) is 5.91 Å². The van der Waals surface area contributed by atoms with E-state index in [1.807, 2.05) is 43.3 Å². The van der Waals surface area contributed by atoms with Gasteiger partial charge < -0.3 is 0 Å². The first kappa shape index (κ1) is 19.9. The number of aromatic nitrogens is 3. The van der Waals surface area contributed by atoms with E-state index in [2.05, 4.69) is 21.2 Å². The molecule has 28 heavy (non-hydrogen) atoms. The van der Waals surface area contributed by atoms with Crippen LogP contribution in [0.15, 0.2) is 53.4 Å². The molecule has 0 atom stereocenters. The predicted octanol–water partition coefficient (Wildman–Crippen LogP) is 3.09. The summed E-state index contributed by atoms with van der Waals surface area (Å²) in [7, 11) is 0. The summed E-state index contributed by atoms with van der Waals surface area (Å²) in [5.74, 6) is -0.713. The lowest BCUT2D eigenvalue weighted by atomic mass is 10.2. The van der Waals surface area contributed by atoms with E-state index in [-0.39, 0.29) is 17.4 Å². The van der Waals surface area contributed by atoms with Gasteiger partial charge in [-0.25, -0.2) is 4.68 Å². The topological polar surface area (TPSA) is 88.9 Å². The van der Waals surface area contributed by atoms with Gasteiger partial charge in [0.15, 0.2) is 5.69 Å². The number of rotatable bonds is 5. The van der Waals surface area contributed by atoms with Crippen LogP contribution in [0.3, 0.4) is 0 Å². The number of halogens is 1. The Morgan fingerprint density at radius 3 is 2.57 bits per heavy atom. The van der Waals surface area contributed by atoms with Crippen LogP contribution in [0.5, 0.6) is 0 Å². The van der Waals surface area contributed by atoms with E-state index >= 15 is 0 Å². The molecule has 2 amide bonds. The average molecular weight is 416 g/mol. The second-order valence-corrected chi connectivity index (χ2v) is 7.50. The largest absolute Gasteiger partial charge is 0.292 e. The summed E-state index contributed by atoms with van der Waals surface area (Å²) < 4.78 is 1.58. The minimum absolute atomic E-state index is 0.146. The van der Waals surface area contributed by atoms with E-state index in [4.69, 9.17) is 11.6 Å². The smallest absolute Gasteiger partial charge is 0.272 e. The maximum atomic E-state index is 12.3. The lowest BCUT2D eigenvalue weighted by Crippen LogP contribution is -2.42. The highest BCUT2D eigenvalue weighted by Gasteiger charge is 2.18. The number of hydrogen-bond donors (Lipinski definition) is 2. The highest BCUT2D eigenvalue weighted by atomic mass is 35.5. The molecule has 7 nitrogen and oxygen atoms in total. The Morgan fingerprint density at radius 2 is 1.86 bits per heavy atom. The minimum Gasteiger partial charge on any atom is -0.272 e. The lowest BCUT2D eigenvalue weighted by molar-refractivity contribution is -0.119. The average Bonchev–Trinajstić information content (AvgIpc) is 3.07. The quantitative estimate of drug-likeness (QED) is 0.493. The van der Waals surface area contributed by atoms with E-state index in [0.717, 1.165) is 16.1 Å². The SMILES string of the molecule is Cc1cccc(-n2nnc(C(=O)NNC(=O)CSc3ccc(Cl)cc3)c2C)c1. The number of hydrazine groups is 1. The van der Waals surface area contributed by atoms with Crippen LogP contribution in [-0.4, -0.2) is 32.6 Å². The van der Waals surface area contributed by atoms with Gasteiger partial charge in [0.1, 0.15) is 0 Å². The van der Waals surface area contributed by atoms with Gasteiger partial charge in [-0.1, -0.05) is 28.9 Å². The Morgan fingerprint density at radius 1 is 1.11 bits per heavy atom. The predicted molar refractivity (Wildman–Crippen MR) is 109 cm³/mol. The molecule has 0 aliphatic carbocycles. The van der Waals surface area contributed by atoms with E-state index in [9.17, 15) is 9.59 Å². The molecular weight excluding hydrogens is 398 g/mol. The van der Waals surface area contributed by atoms with Crippen molar-refractivity contribution in [3.8, 4) is 5.69 Å². The number of amides is 2. The Kier molecular flexibility index (Phi) is 6.33. The molecule has 0 radical (unpaired) electrons. The zero-order valence-corrected chi connectivity index (χ0v) is 16.8. The molecule has 0 bridgehead atoms. The van der Waals surface area contributed by atoms with Crippen molar-refractivity contribution in [2.45, 2.75) is 18.7 Å². The van der Waals surface area contributed by atoms with Crippen molar-refractivity contribution in [1.29, 1.82) is 0 Å². The normalized spacial score (nSPS) is 10.5. The molecule has 0 spiro atoms. The third-order valence-corrected chi connectivity index (χ3v) is 5.12. The van der Waals surface area contributed by atoms with Crippen LogP contribution in [0.1, 0.15) is 21.7 Å². The van der Waals surface area contributed by atoms with Gasteiger partial charge >= 0.3 is 0 Å². The fourth-order valence-electron chi connectivity index (χ4n) is 2.45. The summed E-state index contributed by atoms with van der Waals surface area (Å²) in [6, 6.07) is 14.9. The van der Waals surface area contributed by atoms with Crippen molar-refractivity contribution in [1.82, 2.24) is 25.8 Å². The summed E-state index contributed by atoms with van der Waals surface area (Å²) in [6.45, 7) is 3.72. The van der Waals surface area contributed by atoms with Crippen molar-refractivity contribution in [3.63, 3.8) is 0 Å². The third-order valence-electron chi connectivity index (χ3n) is 3.85.